The number of amides is 3. The summed E-state index contributed by atoms with van der Waals surface area (Å²) in [7, 11) is 0. The Morgan fingerprint density at radius 2 is 1.97 bits per heavy atom. The summed E-state index contributed by atoms with van der Waals surface area (Å²) < 4.78 is 5.94. The van der Waals surface area contributed by atoms with E-state index in [1.54, 1.807) is 26.0 Å². The number of carbonyl (C=O) groups excluding carboxylic acids is 3. The smallest absolute Gasteiger partial charge is 0.268 e. The molecule has 0 spiro atoms. The molecule has 0 saturated carbocycles. The van der Waals surface area contributed by atoms with Crippen LogP contribution in [0.25, 0.3) is 16.5 Å². The van der Waals surface area contributed by atoms with Crippen molar-refractivity contribution in [1.82, 2.24) is 10.3 Å². The first-order valence-electron chi connectivity index (χ1n) is 12.9. The van der Waals surface area contributed by atoms with Crippen LogP contribution in [0.5, 0.6) is 5.75 Å². The standard InChI is InChI=1S/C29H32N4O4S/c1-6-16-8-7-9-17(12-16)22-10-11-23(38-22)26(34)33-25-24(27(35)30-15(2)3)18-13-21-20(14-19(18)31-25)32-28(36)29(4,5)37-21/h9-15,31H,6-8H2,1-5H3,(H,30,35)(H,32,36)(H,33,34). The van der Waals surface area contributed by atoms with Gasteiger partial charge < -0.3 is 25.7 Å². The van der Waals surface area contributed by atoms with Crippen molar-refractivity contribution < 1.29 is 19.1 Å². The van der Waals surface area contributed by atoms with Crippen LogP contribution >= 0.6 is 11.3 Å². The van der Waals surface area contributed by atoms with Crippen LogP contribution in [0.4, 0.5) is 11.5 Å². The van der Waals surface area contributed by atoms with E-state index in [9.17, 15) is 14.4 Å². The lowest BCUT2D eigenvalue weighted by Gasteiger charge is -2.31. The molecule has 5 rings (SSSR count). The number of aromatic nitrogens is 1. The second-order valence-corrected chi connectivity index (χ2v) is 11.5. The van der Waals surface area contributed by atoms with Gasteiger partial charge in [0.2, 0.25) is 0 Å². The number of ether oxygens (including phenoxy) is 1. The van der Waals surface area contributed by atoms with Gasteiger partial charge in [0, 0.05) is 16.3 Å². The van der Waals surface area contributed by atoms with E-state index in [1.165, 1.54) is 16.9 Å². The zero-order valence-electron chi connectivity index (χ0n) is 22.2. The van der Waals surface area contributed by atoms with Crippen LogP contribution in [-0.2, 0) is 4.79 Å². The topological polar surface area (TPSA) is 112 Å². The second-order valence-electron chi connectivity index (χ2n) is 10.4. The largest absolute Gasteiger partial charge is 0.476 e. The van der Waals surface area contributed by atoms with Crippen LogP contribution in [0.2, 0.25) is 0 Å². The Hall–Kier alpha value is -3.85. The second kappa shape index (κ2) is 9.79. The van der Waals surface area contributed by atoms with E-state index in [0.29, 0.717) is 32.8 Å². The predicted molar refractivity (Wildman–Crippen MR) is 152 cm³/mol. The molecular formula is C29H32N4O4S. The first kappa shape index (κ1) is 25.8. The summed E-state index contributed by atoms with van der Waals surface area (Å²) in [6.07, 6.45) is 7.53. The summed E-state index contributed by atoms with van der Waals surface area (Å²) in [5.41, 5.74) is 2.91. The zero-order valence-corrected chi connectivity index (χ0v) is 23.0. The van der Waals surface area contributed by atoms with Gasteiger partial charge in [-0.2, -0.15) is 0 Å². The average molecular weight is 533 g/mol. The minimum atomic E-state index is -1.05. The molecule has 1 aliphatic heterocycles. The molecule has 0 saturated heterocycles. The van der Waals surface area contributed by atoms with Crippen molar-refractivity contribution in [3.8, 4) is 5.75 Å². The Balaban J connectivity index is 1.50. The molecule has 0 bridgehead atoms. The fourth-order valence-electron chi connectivity index (χ4n) is 4.67. The number of nitrogens with one attached hydrogen (secondary N) is 4. The third-order valence-corrected chi connectivity index (χ3v) is 7.84. The highest BCUT2D eigenvalue weighted by Crippen LogP contribution is 2.40. The number of carbonyl (C=O) groups is 3. The highest BCUT2D eigenvalue weighted by Gasteiger charge is 2.36. The van der Waals surface area contributed by atoms with Crippen molar-refractivity contribution in [3.63, 3.8) is 0 Å². The lowest BCUT2D eigenvalue weighted by molar-refractivity contribution is -0.129. The average Bonchev–Trinajstić information content (AvgIpc) is 3.48. The number of H-pyrrole nitrogens is 1. The fourth-order valence-corrected chi connectivity index (χ4v) is 5.58. The predicted octanol–water partition coefficient (Wildman–Crippen LogP) is 6.24. The molecule has 0 atom stereocenters. The molecule has 0 fully saturated rings. The van der Waals surface area contributed by atoms with Crippen LogP contribution < -0.4 is 20.7 Å². The van der Waals surface area contributed by atoms with Gasteiger partial charge in [0.25, 0.3) is 17.7 Å². The van der Waals surface area contributed by atoms with Crippen molar-refractivity contribution in [1.29, 1.82) is 0 Å². The highest BCUT2D eigenvalue weighted by molar-refractivity contribution is 7.15. The van der Waals surface area contributed by atoms with E-state index in [4.69, 9.17) is 4.74 Å². The molecule has 38 heavy (non-hydrogen) atoms. The number of hydrogen-bond donors (Lipinski definition) is 4. The molecule has 3 heterocycles. The number of allylic oxidation sites excluding steroid dienone is 4. The van der Waals surface area contributed by atoms with Crippen molar-refractivity contribution in [2.75, 3.05) is 10.6 Å². The molecule has 0 radical (unpaired) electrons. The SMILES string of the molecule is CCC1=CC(c2ccc(C(=O)Nc3[nH]c4cc5c(cc4c3C(=O)NC(C)C)OC(C)(C)C(=O)N5)s2)=CCC1. The summed E-state index contributed by atoms with van der Waals surface area (Å²) >= 11 is 1.42. The minimum Gasteiger partial charge on any atom is -0.476 e. The highest BCUT2D eigenvalue weighted by atomic mass is 32.1. The summed E-state index contributed by atoms with van der Waals surface area (Å²) in [5, 5.41) is 9.28. The lowest BCUT2D eigenvalue weighted by Crippen LogP contribution is -2.45. The fraction of sp³-hybridized carbons (Fsp3) is 0.345. The van der Waals surface area contributed by atoms with Crippen LogP contribution in [0, 0.1) is 0 Å². The number of anilines is 2. The van der Waals surface area contributed by atoms with Crippen molar-refractivity contribution in [2.45, 2.75) is 65.5 Å². The zero-order chi connectivity index (χ0) is 27.2. The maximum absolute atomic E-state index is 13.3. The van der Waals surface area contributed by atoms with E-state index in [1.807, 2.05) is 26.0 Å². The Kier molecular flexibility index (Phi) is 6.65. The summed E-state index contributed by atoms with van der Waals surface area (Å²) in [4.78, 5) is 43.8. The van der Waals surface area contributed by atoms with Crippen LogP contribution in [0.15, 0.2) is 42.0 Å². The number of rotatable bonds is 6. The molecule has 3 aromatic rings. The van der Waals surface area contributed by atoms with Gasteiger partial charge in [0.15, 0.2) is 5.60 Å². The summed E-state index contributed by atoms with van der Waals surface area (Å²) in [6.45, 7) is 9.27. The van der Waals surface area contributed by atoms with E-state index in [-0.39, 0.29) is 29.6 Å². The van der Waals surface area contributed by atoms with Crippen LogP contribution in [0.3, 0.4) is 0 Å². The van der Waals surface area contributed by atoms with Crippen LogP contribution in [0.1, 0.15) is 78.8 Å². The first-order valence-corrected chi connectivity index (χ1v) is 13.7. The Morgan fingerprint density at radius 3 is 2.71 bits per heavy atom. The number of hydrogen-bond acceptors (Lipinski definition) is 5. The minimum absolute atomic E-state index is 0.104. The molecule has 8 nitrogen and oxygen atoms in total. The van der Waals surface area contributed by atoms with Gasteiger partial charge in [-0.05, 0) is 76.8 Å². The molecule has 198 valence electrons. The molecular weight excluding hydrogens is 500 g/mol. The Bertz CT molecular complexity index is 1520. The third-order valence-electron chi connectivity index (χ3n) is 6.70. The first-order chi connectivity index (χ1) is 18.1. The third kappa shape index (κ3) is 4.86. The monoisotopic (exact) mass is 532 g/mol. The van der Waals surface area contributed by atoms with Crippen LogP contribution in [-0.4, -0.2) is 34.3 Å². The molecule has 9 heteroatoms. The van der Waals surface area contributed by atoms with Crippen molar-refractivity contribution in [2.24, 2.45) is 0 Å². The summed E-state index contributed by atoms with van der Waals surface area (Å²) in [6, 6.07) is 7.12. The number of benzene rings is 1. The van der Waals surface area contributed by atoms with E-state index < -0.39 is 5.60 Å². The van der Waals surface area contributed by atoms with Gasteiger partial charge in [0.1, 0.15) is 11.6 Å². The van der Waals surface area contributed by atoms with E-state index in [0.717, 1.165) is 29.7 Å². The molecule has 2 aliphatic rings. The van der Waals surface area contributed by atoms with Crippen molar-refractivity contribution >= 4 is 57.0 Å². The maximum Gasteiger partial charge on any atom is 0.268 e. The number of thiophene rings is 1. The molecule has 0 unspecified atom stereocenters. The van der Waals surface area contributed by atoms with Gasteiger partial charge in [0.05, 0.1) is 21.6 Å². The Morgan fingerprint density at radius 1 is 1.18 bits per heavy atom. The molecule has 3 amide bonds. The van der Waals surface area contributed by atoms with E-state index >= 15 is 0 Å². The maximum atomic E-state index is 13.3. The lowest BCUT2D eigenvalue weighted by atomic mass is 9.97. The quantitative estimate of drug-likeness (QED) is 0.301. The van der Waals surface area contributed by atoms with Gasteiger partial charge in [-0.15, -0.1) is 11.3 Å². The van der Waals surface area contributed by atoms with Gasteiger partial charge in [-0.3, -0.25) is 14.4 Å². The van der Waals surface area contributed by atoms with Gasteiger partial charge in [-0.1, -0.05) is 24.6 Å². The van der Waals surface area contributed by atoms with Gasteiger partial charge in [-0.25, -0.2) is 0 Å². The van der Waals surface area contributed by atoms with Crippen molar-refractivity contribution in [3.05, 3.63) is 57.3 Å². The number of aromatic amines is 1. The number of fused-ring (bicyclic) bond motifs is 2. The molecule has 2 aromatic heterocycles. The normalized spacial score (nSPS) is 16.3. The van der Waals surface area contributed by atoms with Gasteiger partial charge >= 0.3 is 0 Å². The molecule has 1 aliphatic carbocycles. The summed E-state index contributed by atoms with van der Waals surface area (Å²) in [5.74, 6) is -0.142. The molecule has 4 N–H and O–H groups in total. The van der Waals surface area contributed by atoms with E-state index in [2.05, 4.69) is 40.0 Å². The Labute approximate surface area is 225 Å². The molecule has 1 aromatic carbocycles.